The van der Waals surface area contributed by atoms with Crippen LogP contribution in [0.3, 0.4) is 0 Å². The normalized spacial score (nSPS) is 20.3. The van der Waals surface area contributed by atoms with Crippen LogP contribution in [0.1, 0.15) is 24.8 Å². The first-order chi connectivity index (χ1) is 11.2. The average molecular weight is 336 g/mol. The van der Waals surface area contributed by atoms with Gasteiger partial charge in [-0.25, -0.2) is 0 Å². The number of benzene rings is 1. The van der Waals surface area contributed by atoms with Gasteiger partial charge in [-0.05, 0) is 31.7 Å². The lowest BCUT2D eigenvalue weighted by Crippen LogP contribution is -2.31. The van der Waals surface area contributed by atoms with Crippen molar-refractivity contribution in [1.82, 2.24) is 0 Å². The molecule has 2 aliphatic heterocycles. The summed E-state index contributed by atoms with van der Waals surface area (Å²) in [6, 6.07) is 4.94. The van der Waals surface area contributed by atoms with Crippen molar-refractivity contribution in [2.75, 3.05) is 29.6 Å². The fraction of sp³-hybridized carbons (Fsp3) is 0.562. The second-order valence-corrected chi connectivity index (χ2v) is 6.86. The summed E-state index contributed by atoms with van der Waals surface area (Å²) in [7, 11) is 0. The SMILES string of the molecule is O=C(CSCC1CCCCO1)N1CCc2c1cccc2[N+](=O)[O-]. The number of anilines is 1. The third-order valence-corrected chi connectivity index (χ3v) is 5.36. The topological polar surface area (TPSA) is 72.7 Å². The van der Waals surface area contributed by atoms with Crippen LogP contribution in [-0.2, 0) is 16.0 Å². The molecule has 7 heteroatoms. The molecule has 0 N–H and O–H groups in total. The Hall–Kier alpha value is -1.60. The van der Waals surface area contributed by atoms with Gasteiger partial charge in [0, 0.05) is 25.0 Å². The number of hydrogen-bond donors (Lipinski definition) is 0. The van der Waals surface area contributed by atoms with E-state index < -0.39 is 0 Å². The lowest BCUT2D eigenvalue weighted by molar-refractivity contribution is -0.385. The van der Waals surface area contributed by atoms with Crippen LogP contribution in [0.4, 0.5) is 11.4 Å². The summed E-state index contributed by atoms with van der Waals surface area (Å²) in [5, 5.41) is 11.1. The van der Waals surface area contributed by atoms with E-state index in [4.69, 9.17) is 4.74 Å². The van der Waals surface area contributed by atoms with Gasteiger partial charge >= 0.3 is 0 Å². The monoisotopic (exact) mass is 336 g/mol. The number of nitro benzene ring substituents is 1. The fourth-order valence-electron chi connectivity index (χ4n) is 3.14. The molecule has 23 heavy (non-hydrogen) atoms. The van der Waals surface area contributed by atoms with Gasteiger partial charge in [0.25, 0.3) is 5.69 Å². The van der Waals surface area contributed by atoms with E-state index in [0.717, 1.165) is 25.2 Å². The van der Waals surface area contributed by atoms with Gasteiger partial charge in [0.05, 0.1) is 28.0 Å². The van der Waals surface area contributed by atoms with Crippen LogP contribution in [0.15, 0.2) is 18.2 Å². The maximum Gasteiger partial charge on any atom is 0.274 e. The second kappa shape index (κ2) is 7.31. The summed E-state index contributed by atoms with van der Waals surface area (Å²) >= 11 is 1.59. The van der Waals surface area contributed by atoms with Gasteiger partial charge in [-0.1, -0.05) is 6.07 Å². The van der Waals surface area contributed by atoms with Gasteiger partial charge in [-0.15, -0.1) is 11.8 Å². The first kappa shape index (κ1) is 16.3. The molecule has 1 fully saturated rings. The van der Waals surface area contributed by atoms with E-state index >= 15 is 0 Å². The number of ether oxygens (including phenoxy) is 1. The number of hydrogen-bond acceptors (Lipinski definition) is 5. The maximum absolute atomic E-state index is 12.4. The minimum atomic E-state index is -0.373. The predicted molar refractivity (Wildman–Crippen MR) is 90.1 cm³/mol. The van der Waals surface area contributed by atoms with Crippen molar-refractivity contribution in [2.24, 2.45) is 0 Å². The Morgan fingerprint density at radius 1 is 1.43 bits per heavy atom. The molecule has 0 bridgehead atoms. The fourth-order valence-corrected chi connectivity index (χ4v) is 4.11. The summed E-state index contributed by atoms with van der Waals surface area (Å²) in [5.74, 6) is 1.24. The van der Waals surface area contributed by atoms with Crippen molar-refractivity contribution in [2.45, 2.75) is 31.8 Å². The Morgan fingerprint density at radius 2 is 2.30 bits per heavy atom. The number of amides is 1. The van der Waals surface area contributed by atoms with Crippen LogP contribution in [-0.4, -0.2) is 41.6 Å². The van der Waals surface area contributed by atoms with E-state index in [9.17, 15) is 14.9 Å². The molecule has 3 rings (SSSR count). The van der Waals surface area contributed by atoms with Crippen molar-refractivity contribution in [1.29, 1.82) is 0 Å². The number of nitrogens with zero attached hydrogens (tertiary/aromatic N) is 2. The van der Waals surface area contributed by atoms with Crippen molar-refractivity contribution in [3.05, 3.63) is 33.9 Å². The van der Waals surface area contributed by atoms with Gasteiger partial charge < -0.3 is 9.64 Å². The van der Waals surface area contributed by atoms with E-state index in [2.05, 4.69) is 0 Å². The summed E-state index contributed by atoms with van der Waals surface area (Å²) in [6.07, 6.45) is 4.20. The Kier molecular flexibility index (Phi) is 5.17. The third-order valence-electron chi connectivity index (χ3n) is 4.30. The Balaban J connectivity index is 1.58. The van der Waals surface area contributed by atoms with Gasteiger partial charge in [-0.2, -0.15) is 0 Å². The largest absolute Gasteiger partial charge is 0.377 e. The summed E-state index contributed by atoms with van der Waals surface area (Å²) < 4.78 is 5.66. The highest BCUT2D eigenvalue weighted by molar-refractivity contribution is 8.00. The lowest BCUT2D eigenvalue weighted by Gasteiger charge is -2.22. The van der Waals surface area contributed by atoms with E-state index in [1.54, 1.807) is 28.8 Å². The first-order valence-electron chi connectivity index (χ1n) is 7.93. The van der Waals surface area contributed by atoms with Crippen LogP contribution in [0.5, 0.6) is 0 Å². The molecule has 1 aromatic rings. The minimum Gasteiger partial charge on any atom is -0.377 e. The maximum atomic E-state index is 12.4. The number of carbonyl (C=O) groups is 1. The number of nitro groups is 1. The molecule has 0 aliphatic carbocycles. The average Bonchev–Trinajstić information content (AvgIpc) is 2.99. The first-order valence-corrected chi connectivity index (χ1v) is 9.08. The molecule has 1 unspecified atom stereocenters. The van der Waals surface area contributed by atoms with Crippen molar-refractivity contribution in [3.63, 3.8) is 0 Å². The van der Waals surface area contributed by atoms with Gasteiger partial charge in [0.15, 0.2) is 0 Å². The zero-order chi connectivity index (χ0) is 16.2. The Morgan fingerprint density at radius 3 is 3.04 bits per heavy atom. The predicted octanol–water partition coefficient (Wildman–Crippen LogP) is 2.79. The minimum absolute atomic E-state index is 0.0186. The van der Waals surface area contributed by atoms with Crippen LogP contribution < -0.4 is 4.90 Å². The molecule has 0 spiro atoms. The van der Waals surface area contributed by atoms with Gasteiger partial charge in [-0.3, -0.25) is 14.9 Å². The van der Waals surface area contributed by atoms with E-state index in [1.807, 2.05) is 0 Å². The summed E-state index contributed by atoms with van der Waals surface area (Å²) in [6.45, 7) is 1.35. The smallest absolute Gasteiger partial charge is 0.274 e. The molecule has 1 saturated heterocycles. The highest BCUT2D eigenvalue weighted by Gasteiger charge is 2.30. The van der Waals surface area contributed by atoms with Crippen LogP contribution in [0.2, 0.25) is 0 Å². The lowest BCUT2D eigenvalue weighted by atomic mass is 10.1. The molecule has 2 heterocycles. The number of thioether (sulfide) groups is 1. The number of rotatable bonds is 5. The number of carbonyl (C=O) groups excluding carboxylic acids is 1. The molecule has 124 valence electrons. The zero-order valence-electron chi connectivity index (χ0n) is 12.9. The summed E-state index contributed by atoms with van der Waals surface area (Å²) in [5.41, 5.74) is 1.48. The van der Waals surface area contributed by atoms with Crippen molar-refractivity contribution in [3.8, 4) is 0 Å². The Labute approximate surface area is 139 Å². The van der Waals surface area contributed by atoms with E-state index in [1.165, 1.54) is 12.5 Å². The molecule has 1 amide bonds. The van der Waals surface area contributed by atoms with Crippen LogP contribution in [0.25, 0.3) is 0 Å². The number of fused-ring (bicyclic) bond motifs is 1. The molecule has 2 aliphatic rings. The molecule has 0 radical (unpaired) electrons. The molecule has 6 nitrogen and oxygen atoms in total. The molecule has 1 atom stereocenters. The standard InChI is InChI=1S/C16H20N2O4S/c19-16(11-23-10-12-4-1-2-9-22-12)17-8-7-13-14(17)5-3-6-15(13)18(20)21/h3,5-6,12H,1-2,4,7-11H2. The molecule has 1 aromatic carbocycles. The van der Waals surface area contributed by atoms with Gasteiger partial charge in [0.1, 0.15) is 0 Å². The Bertz CT molecular complexity index is 602. The molecular weight excluding hydrogens is 316 g/mol. The molecule has 0 saturated carbocycles. The highest BCUT2D eigenvalue weighted by atomic mass is 32.2. The van der Waals surface area contributed by atoms with E-state index in [-0.39, 0.29) is 22.6 Å². The third kappa shape index (κ3) is 3.67. The zero-order valence-corrected chi connectivity index (χ0v) is 13.7. The molecular formula is C16H20N2O4S. The summed E-state index contributed by atoms with van der Waals surface area (Å²) in [4.78, 5) is 24.8. The van der Waals surface area contributed by atoms with Crippen LogP contribution >= 0.6 is 11.8 Å². The van der Waals surface area contributed by atoms with E-state index in [0.29, 0.717) is 30.0 Å². The highest BCUT2D eigenvalue weighted by Crippen LogP contribution is 2.35. The second-order valence-electron chi connectivity index (χ2n) is 5.83. The van der Waals surface area contributed by atoms with Crippen molar-refractivity contribution >= 4 is 29.0 Å². The van der Waals surface area contributed by atoms with Gasteiger partial charge in [0.2, 0.25) is 5.91 Å². The quantitative estimate of drug-likeness (QED) is 0.611. The van der Waals surface area contributed by atoms with Crippen molar-refractivity contribution < 1.29 is 14.5 Å². The van der Waals surface area contributed by atoms with Crippen LogP contribution in [0, 0.1) is 10.1 Å². The molecule has 0 aromatic heterocycles.